The Morgan fingerprint density at radius 2 is 1.81 bits per heavy atom. The second-order valence-corrected chi connectivity index (χ2v) is 7.49. The fourth-order valence-corrected chi connectivity index (χ4v) is 3.73. The van der Waals surface area contributed by atoms with Crippen LogP contribution in [0.3, 0.4) is 0 Å². The van der Waals surface area contributed by atoms with E-state index in [2.05, 4.69) is 11.8 Å². The molecule has 142 valence electrons. The first kappa shape index (κ1) is 20.5. The molecule has 2 rings (SSSR count). The lowest BCUT2D eigenvalue weighted by molar-refractivity contribution is -0.133. The maximum Gasteiger partial charge on any atom is 0.266 e. The van der Waals surface area contributed by atoms with E-state index >= 15 is 0 Å². The third-order valence-electron chi connectivity index (χ3n) is 3.83. The number of carbonyl (C=O) groups excluding carboxylic acids is 1. The molecule has 0 radical (unpaired) electrons. The van der Waals surface area contributed by atoms with Crippen molar-refractivity contribution in [2.24, 2.45) is 0 Å². The summed E-state index contributed by atoms with van der Waals surface area (Å²) < 4.78 is 32.2. The summed E-state index contributed by atoms with van der Waals surface area (Å²) in [6, 6.07) is 12.9. The van der Waals surface area contributed by atoms with Crippen molar-refractivity contribution in [3.8, 4) is 17.6 Å². The lowest BCUT2D eigenvalue weighted by Crippen LogP contribution is -2.40. The van der Waals surface area contributed by atoms with Gasteiger partial charge in [-0.1, -0.05) is 36.3 Å². The van der Waals surface area contributed by atoms with E-state index < -0.39 is 22.0 Å². The first-order valence-electron chi connectivity index (χ1n) is 8.01. The zero-order valence-electron chi connectivity index (χ0n) is 14.9. The zero-order chi connectivity index (χ0) is 19.9. The van der Waals surface area contributed by atoms with Crippen LogP contribution in [0.5, 0.6) is 5.75 Å². The van der Waals surface area contributed by atoms with Gasteiger partial charge in [0.1, 0.15) is 18.4 Å². The minimum absolute atomic E-state index is 0.00871. The van der Waals surface area contributed by atoms with Gasteiger partial charge in [0.2, 0.25) is 10.0 Å². The van der Waals surface area contributed by atoms with E-state index in [1.54, 1.807) is 37.3 Å². The minimum atomic E-state index is -4.01. The third-order valence-corrected chi connectivity index (χ3v) is 5.66. The second kappa shape index (κ2) is 9.19. The van der Waals surface area contributed by atoms with Crippen LogP contribution in [0.4, 0.5) is 0 Å². The highest BCUT2D eigenvalue weighted by atomic mass is 32.2. The number of sulfonamides is 1. The van der Waals surface area contributed by atoms with E-state index in [4.69, 9.17) is 9.94 Å². The smallest absolute Gasteiger partial charge is 0.266 e. The van der Waals surface area contributed by atoms with Crippen molar-refractivity contribution in [2.75, 3.05) is 13.7 Å². The molecule has 7 nitrogen and oxygen atoms in total. The van der Waals surface area contributed by atoms with Gasteiger partial charge in [0, 0.05) is 7.05 Å². The molecule has 0 saturated carbocycles. The molecule has 0 fully saturated rings. The summed E-state index contributed by atoms with van der Waals surface area (Å²) in [5.74, 6) is 5.06. The Balaban J connectivity index is 2.32. The average molecular weight is 388 g/mol. The molecule has 0 aliphatic carbocycles. The number of hydrogen-bond donors (Lipinski definition) is 2. The molecule has 8 heteroatoms. The van der Waals surface area contributed by atoms with Gasteiger partial charge in [0.25, 0.3) is 5.91 Å². The molecule has 0 aromatic heterocycles. The Morgan fingerprint density at radius 3 is 2.37 bits per heavy atom. The van der Waals surface area contributed by atoms with Crippen molar-refractivity contribution in [3.05, 3.63) is 60.2 Å². The predicted molar refractivity (Wildman–Crippen MR) is 99.4 cm³/mol. The molecule has 0 heterocycles. The monoisotopic (exact) mass is 388 g/mol. The summed E-state index contributed by atoms with van der Waals surface area (Å²) in [4.78, 5) is 12.1. The predicted octanol–water partition coefficient (Wildman–Crippen LogP) is 1.96. The summed E-state index contributed by atoms with van der Waals surface area (Å²) in [6.45, 7) is 1.90. The lowest BCUT2D eigenvalue weighted by Gasteiger charge is -2.26. The average Bonchev–Trinajstić information content (AvgIpc) is 2.69. The van der Waals surface area contributed by atoms with Gasteiger partial charge in [-0.15, -0.1) is 5.92 Å². The molecular weight excluding hydrogens is 368 g/mol. The van der Waals surface area contributed by atoms with Crippen LogP contribution < -0.4 is 10.2 Å². The summed E-state index contributed by atoms with van der Waals surface area (Å²) >= 11 is 0. The van der Waals surface area contributed by atoms with Gasteiger partial charge in [-0.05, 0) is 36.8 Å². The van der Waals surface area contributed by atoms with Gasteiger partial charge >= 0.3 is 0 Å². The molecule has 0 aliphatic rings. The first-order chi connectivity index (χ1) is 12.9. The van der Waals surface area contributed by atoms with E-state index in [0.29, 0.717) is 11.3 Å². The van der Waals surface area contributed by atoms with Gasteiger partial charge in [0.15, 0.2) is 0 Å². The van der Waals surface area contributed by atoms with E-state index in [1.165, 1.54) is 36.8 Å². The first-order valence-corrected chi connectivity index (χ1v) is 9.45. The van der Waals surface area contributed by atoms with Crippen LogP contribution in [0.2, 0.25) is 0 Å². The molecule has 0 spiro atoms. The highest BCUT2D eigenvalue weighted by Crippen LogP contribution is 2.27. The summed E-state index contributed by atoms with van der Waals surface area (Å²) in [5.41, 5.74) is 1.95. The van der Waals surface area contributed by atoms with Crippen LogP contribution in [0, 0.1) is 11.8 Å². The number of ether oxygens (including phenoxy) is 1. The van der Waals surface area contributed by atoms with Crippen molar-refractivity contribution < 1.29 is 23.2 Å². The van der Waals surface area contributed by atoms with Crippen molar-refractivity contribution >= 4 is 15.9 Å². The molecule has 0 aliphatic heterocycles. The van der Waals surface area contributed by atoms with Gasteiger partial charge in [-0.25, -0.2) is 13.9 Å². The van der Waals surface area contributed by atoms with Gasteiger partial charge in [-0.2, -0.15) is 4.31 Å². The molecule has 1 atom stereocenters. The van der Waals surface area contributed by atoms with Gasteiger partial charge < -0.3 is 4.74 Å². The van der Waals surface area contributed by atoms with Gasteiger partial charge in [0.05, 0.1) is 4.90 Å². The van der Waals surface area contributed by atoms with E-state index in [1.807, 2.05) is 0 Å². The Morgan fingerprint density at radius 1 is 1.19 bits per heavy atom. The maximum absolute atomic E-state index is 12.9. The van der Waals surface area contributed by atoms with Crippen molar-refractivity contribution in [3.63, 3.8) is 0 Å². The summed E-state index contributed by atoms with van der Waals surface area (Å²) in [6.07, 6.45) is 0. The van der Waals surface area contributed by atoms with E-state index in [-0.39, 0.29) is 11.5 Å². The number of hydroxylamine groups is 1. The van der Waals surface area contributed by atoms with Crippen LogP contribution in [0.1, 0.15) is 18.5 Å². The van der Waals surface area contributed by atoms with Crippen molar-refractivity contribution in [2.45, 2.75) is 17.9 Å². The van der Waals surface area contributed by atoms with Crippen molar-refractivity contribution in [1.82, 2.24) is 9.79 Å². The molecule has 1 amide bonds. The van der Waals surface area contributed by atoms with Crippen LogP contribution in [-0.4, -0.2) is 37.5 Å². The number of likely N-dealkylation sites (N-methyl/N-ethyl adjacent to an activating group) is 1. The topological polar surface area (TPSA) is 95.9 Å². The minimum Gasteiger partial charge on any atom is -0.481 e. The Hall–Kier alpha value is -2.86. The molecule has 0 bridgehead atoms. The third kappa shape index (κ3) is 4.86. The van der Waals surface area contributed by atoms with E-state index in [0.717, 1.165) is 4.31 Å². The molecule has 2 N–H and O–H groups in total. The maximum atomic E-state index is 12.9. The SMILES string of the molecule is CC#CCOc1ccc(S(=O)(=O)N(C)C(C(=O)NO)c2ccccc2)cc1. The normalized spacial score (nSPS) is 12.0. The summed E-state index contributed by atoms with van der Waals surface area (Å²) in [5, 5.41) is 9.04. The Bertz CT molecular complexity index is 932. The molecular formula is C19H20N2O5S. The van der Waals surface area contributed by atoms with Crippen LogP contribution in [0.25, 0.3) is 0 Å². The zero-order valence-corrected chi connectivity index (χ0v) is 15.7. The lowest BCUT2D eigenvalue weighted by atomic mass is 10.1. The number of rotatable bonds is 7. The number of nitrogens with zero attached hydrogens (tertiary/aromatic N) is 1. The highest BCUT2D eigenvalue weighted by molar-refractivity contribution is 7.89. The second-order valence-electron chi connectivity index (χ2n) is 5.50. The van der Waals surface area contributed by atoms with Gasteiger partial charge in [-0.3, -0.25) is 10.0 Å². The van der Waals surface area contributed by atoms with Crippen LogP contribution in [0.15, 0.2) is 59.5 Å². The quantitative estimate of drug-likeness (QED) is 0.429. The standard InChI is InChI=1S/C19H20N2O5S/c1-3-4-14-26-16-10-12-17(13-11-16)27(24,25)21(2)18(19(22)20-23)15-8-6-5-7-9-15/h5-13,18,23H,14H2,1-2H3,(H,20,22). The molecule has 27 heavy (non-hydrogen) atoms. The number of hydrogen-bond acceptors (Lipinski definition) is 5. The van der Waals surface area contributed by atoms with E-state index in [9.17, 15) is 13.2 Å². The highest BCUT2D eigenvalue weighted by Gasteiger charge is 2.34. The fourth-order valence-electron chi connectivity index (χ4n) is 2.43. The Labute approximate surface area is 158 Å². The largest absolute Gasteiger partial charge is 0.481 e. The molecule has 0 saturated heterocycles. The summed E-state index contributed by atoms with van der Waals surface area (Å²) in [7, 11) is -2.72. The number of amides is 1. The molecule has 2 aromatic carbocycles. The number of benzene rings is 2. The van der Waals surface area contributed by atoms with Crippen LogP contribution in [-0.2, 0) is 14.8 Å². The van der Waals surface area contributed by atoms with Crippen LogP contribution >= 0.6 is 0 Å². The number of nitrogens with one attached hydrogen (secondary N) is 1. The molecule has 2 aromatic rings. The molecule has 1 unspecified atom stereocenters. The number of carbonyl (C=O) groups is 1. The fraction of sp³-hybridized carbons (Fsp3) is 0.211. The van der Waals surface area contributed by atoms with Crippen molar-refractivity contribution in [1.29, 1.82) is 0 Å². The Kier molecular flexibility index (Phi) is 6.96.